The van der Waals surface area contributed by atoms with E-state index < -0.39 is 17.1 Å². The molecule has 2 atom stereocenters. The average Bonchev–Trinajstić information content (AvgIpc) is 2.26. The van der Waals surface area contributed by atoms with Gasteiger partial charge in [0.05, 0.1) is 16.6 Å². The molecule has 1 aromatic rings. The Kier molecular flexibility index (Phi) is 3.94. The molecule has 0 aliphatic heterocycles. The van der Waals surface area contributed by atoms with Crippen LogP contribution in [0.4, 0.5) is 5.69 Å². The molecule has 0 aliphatic rings. The van der Waals surface area contributed by atoms with E-state index >= 15 is 0 Å². The van der Waals surface area contributed by atoms with Gasteiger partial charge in [0.1, 0.15) is 6.10 Å². The first-order valence-electron chi connectivity index (χ1n) is 4.78. The Labute approximate surface area is 92.5 Å². The van der Waals surface area contributed by atoms with Gasteiger partial charge in [0.2, 0.25) is 0 Å². The van der Waals surface area contributed by atoms with Gasteiger partial charge in [0, 0.05) is 12.6 Å². The minimum Gasteiger partial charge on any atom is -0.389 e. The van der Waals surface area contributed by atoms with Gasteiger partial charge in [-0.25, -0.2) is 0 Å². The number of nitrogens with zero attached hydrogens (tertiary/aromatic N) is 1. The molecule has 0 radical (unpaired) electrons. The minimum absolute atomic E-state index is 0.0774. The van der Waals surface area contributed by atoms with Gasteiger partial charge in [-0.2, -0.15) is 0 Å². The Morgan fingerprint density at radius 3 is 2.62 bits per heavy atom. The zero-order chi connectivity index (χ0) is 12.3. The molecule has 0 heterocycles. The van der Waals surface area contributed by atoms with Crippen LogP contribution in [0.15, 0.2) is 18.2 Å². The van der Waals surface area contributed by atoms with Crippen LogP contribution < -0.4 is 5.73 Å². The highest BCUT2D eigenvalue weighted by molar-refractivity contribution is 5.44. The second-order valence-corrected chi connectivity index (χ2v) is 3.57. The predicted molar refractivity (Wildman–Crippen MR) is 57.9 cm³/mol. The van der Waals surface area contributed by atoms with Gasteiger partial charge in [-0.3, -0.25) is 10.1 Å². The number of hydrogen-bond donors (Lipinski definition) is 3. The van der Waals surface area contributed by atoms with Crippen molar-refractivity contribution in [3.63, 3.8) is 0 Å². The first-order valence-corrected chi connectivity index (χ1v) is 4.78. The largest absolute Gasteiger partial charge is 0.389 e. The number of rotatable bonds is 4. The van der Waals surface area contributed by atoms with E-state index in [1.165, 1.54) is 12.1 Å². The number of benzene rings is 1. The fraction of sp³-hybridized carbons (Fsp3) is 0.400. The molecule has 0 amide bonds. The summed E-state index contributed by atoms with van der Waals surface area (Å²) < 4.78 is 0. The zero-order valence-electron chi connectivity index (χ0n) is 8.83. The number of nitro groups is 1. The van der Waals surface area contributed by atoms with Crippen LogP contribution in [0.2, 0.25) is 0 Å². The van der Waals surface area contributed by atoms with Crippen molar-refractivity contribution in [2.24, 2.45) is 5.73 Å². The van der Waals surface area contributed by atoms with Crippen LogP contribution >= 0.6 is 0 Å². The summed E-state index contributed by atoms with van der Waals surface area (Å²) in [7, 11) is 0. The number of aliphatic hydroxyl groups is 2. The lowest BCUT2D eigenvalue weighted by molar-refractivity contribution is -0.386. The van der Waals surface area contributed by atoms with Crippen molar-refractivity contribution >= 4 is 5.69 Å². The van der Waals surface area contributed by atoms with Crippen LogP contribution in [0.25, 0.3) is 0 Å². The van der Waals surface area contributed by atoms with Crippen molar-refractivity contribution in [3.8, 4) is 0 Å². The summed E-state index contributed by atoms with van der Waals surface area (Å²) in [6.07, 6.45) is -2.55. The highest BCUT2D eigenvalue weighted by atomic mass is 16.6. The Morgan fingerprint density at radius 2 is 2.12 bits per heavy atom. The molecule has 0 aliphatic carbocycles. The van der Waals surface area contributed by atoms with Crippen LogP contribution in [-0.2, 0) is 0 Å². The van der Waals surface area contributed by atoms with E-state index in [9.17, 15) is 20.3 Å². The molecule has 1 aromatic carbocycles. The van der Waals surface area contributed by atoms with Gasteiger partial charge in [-0.1, -0.05) is 6.07 Å². The Morgan fingerprint density at radius 1 is 1.50 bits per heavy atom. The minimum atomic E-state index is -1.34. The third-order valence-corrected chi connectivity index (χ3v) is 2.31. The molecule has 0 saturated carbocycles. The lowest BCUT2D eigenvalue weighted by Gasteiger charge is -2.16. The predicted octanol–water partition coefficient (Wildman–Crippen LogP) is 0.256. The van der Waals surface area contributed by atoms with E-state index in [4.69, 9.17) is 5.73 Å². The molecule has 16 heavy (non-hydrogen) atoms. The van der Waals surface area contributed by atoms with Gasteiger partial charge in [0.15, 0.2) is 0 Å². The van der Waals surface area contributed by atoms with Gasteiger partial charge >= 0.3 is 0 Å². The number of hydrogen-bond acceptors (Lipinski definition) is 5. The first kappa shape index (κ1) is 12.6. The average molecular weight is 226 g/mol. The summed E-state index contributed by atoms with van der Waals surface area (Å²) in [6, 6.07) is 4.41. The number of nitrogens with two attached hydrogens (primary N) is 1. The Hall–Kier alpha value is -1.50. The van der Waals surface area contributed by atoms with E-state index in [1.807, 2.05) is 0 Å². The smallest absolute Gasteiger partial charge is 0.275 e. The molecule has 0 saturated heterocycles. The van der Waals surface area contributed by atoms with E-state index in [0.29, 0.717) is 5.56 Å². The SMILES string of the molecule is Cc1ccc(C(O)C(O)CN)c([N+](=O)[O-])c1. The number of aliphatic hydroxyl groups excluding tert-OH is 2. The molecular weight excluding hydrogens is 212 g/mol. The number of aryl methyl sites for hydroxylation is 1. The van der Waals surface area contributed by atoms with E-state index in [-0.39, 0.29) is 17.8 Å². The lowest BCUT2D eigenvalue weighted by atomic mass is 10.0. The van der Waals surface area contributed by atoms with Crippen molar-refractivity contribution < 1.29 is 15.1 Å². The molecule has 2 unspecified atom stereocenters. The third-order valence-electron chi connectivity index (χ3n) is 2.31. The fourth-order valence-electron chi connectivity index (χ4n) is 1.40. The molecule has 1 rings (SSSR count). The fourth-order valence-corrected chi connectivity index (χ4v) is 1.40. The van der Waals surface area contributed by atoms with E-state index in [1.54, 1.807) is 13.0 Å². The highest BCUT2D eigenvalue weighted by Gasteiger charge is 2.25. The van der Waals surface area contributed by atoms with E-state index in [0.717, 1.165) is 0 Å². The monoisotopic (exact) mass is 226 g/mol. The summed E-state index contributed by atoms with van der Waals surface area (Å²) in [5.74, 6) is 0. The van der Waals surface area contributed by atoms with E-state index in [2.05, 4.69) is 0 Å². The van der Waals surface area contributed by atoms with Crippen molar-refractivity contribution in [3.05, 3.63) is 39.4 Å². The molecule has 0 aromatic heterocycles. The Balaban J connectivity index is 3.17. The Bertz CT molecular complexity index is 394. The standard InChI is InChI=1S/C10H14N2O4/c1-6-2-3-7(8(4-6)12(15)16)10(14)9(13)5-11/h2-4,9-10,13-14H,5,11H2,1H3. The van der Waals surface area contributed by atoms with Crippen molar-refractivity contribution in [2.45, 2.75) is 19.1 Å². The molecule has 6 nitrogen and oxygen atoms in total. The summed E-state index contributed by atoms with van der Waals surface area (Å²) in [4.78, 5) is 10.2. The molecule has 88 valence electrons. The van der Waals surface area contributed by atoms with Crippen molar-refractivity contribution in [2.75, 3.05) is 6.54 Å². The van der Waals surface area contributed by atoms with Gasteiger partial charge in [-0.05, 0) is 18.6 Å². The second kappa shape index (κ2) is 5.02. The molecule has 0 spiro atoms. The quantitative estimate of drug-likeness (QED) is 0.503. The van der Waals surface area contributed by atoms with Gasteiger partial charge in [0.25, 0.3) is 5.69 Å². The summed E-state index contributed by atoms with van der Waals surface area (Å²) >= 11 is 0. The van der Waals surface area contributed by atoms with Crippen LogP contribution in [0.3, 0.4) is 0 Å². The van der Waals surface area contributed by atoms with Crippen LogP contribution in [-0.4, -0.2) is 27.8 Å². The number of nitro benzene ring substituents is 1. The first-order chi connectivity index (χ1) is 7.47. The van der Waals surface area contributed by atoms with Crippen LogP contribution in [0.5, 0.6) is 0 Å². The second-order valence-electron chi connectivity index (χ2n) is 3.57. The topological polar surface area (TPSA) is 110 Å². The lowest BCUT2D eigenvalue weighted by Crippen LogP contribution is -2.27. The summed E-state index contributed by atoms with van der Waals surface area (Å²) in [6.45, 7) is 1.55. The maximum Gasteiger partial charge on any atom is 0.275 e. The summed E-state index contributed by atoms with van der Waals surface area (Å²) in [5.41, 5.74) is 5.77. The van der Waals surface area contributed by atoms with Gasteiger partial charge < -0.3 is 15.9 Å². The van der Waals surface area contributed by atoms with Crippen molar-refractivity contribution in [1.82, 2.24) is 0 Å². The molecule has 6 heteroatoms. The highest BCUT2D eigenvalue weighted by Crippen LogP contribution is 2.27. The molecule has 0 bridgehead atoms. The summed E-state index contributed by atoms with van der Waals surface area (Å²) in [5, 5.41) is 29.8. The normalized spacial score (nSPS) is 14.5. The maximum atomic E-state index is 10.8. The maximum absolute atomic E-state index is 10.8. The molecular formula is C10H14N2O4. The third kappa shape index (κ3) is 2.54. The molecule has 4 N–H and O–H groups in total. The van der Waals surface area contributed by atoms with Gasteiger partial charge in [-0.15, -0.1) is 0 Å². The zero-order valence-corrected chi connectivity index (χ0v) is 8.83. The van der Waals surface area contributed by atoms with Crippen LogP contribution in [0.1, 0.15) is 17.2 Å². The van der Waals surface area contributed by atoms with Crippen LogP contribution in [0, 0.1) is 17.0 Å². The molecule has 0 fully saturated rings. The van der Waals surface area contributed by atoms with Crippen molar-refractivity contribution in [1.29, 1.82) is 0 Å².